The normalized spacial score (nSPS) is 12.7. The van der Waals surface area contributed by atoms with Gasteiger partial charge in [-0.1, -0.05) is 64.6 Å². The quantitative estimate of drug-likeness (QED) is 0.180. The standard InChI is InChI=1S/C25H19Cl4NO5/c1-33-15-10-12(11-16(34-2)23(15)35-3)8-9-13-6-4-5-7-14(13)30-24(31)17-18(25(30)32)20(27)22(29)21(28)19(17)26/h4-7,10-11H,8-9H2,1-3H3. The lowest BCUT2D eigenvalue weighted by atomic mass is 10.0. The highest BCUT2D eigenvalue weighted by Crippen LogP contribution is 2.46. The summed E-state index contributed by atoms with van der Waals surface area (Å²) < 4.78 is 16.2. The number of fused-ring (bicyclic) bond motifs is 1. The Balaban J connectivity index is 1.70. The first-order chi connectivity index (χ1) is 16.7. The predicted octanol–water partition coefficient (Wildman–Crippen LogP) is 6.91. The molecular weight excluding hydrogens is 536 g/mol. The third-order valence-corrected chi connectivity index (χ3v) is 7.54. The lowest BCUT2D eigenvalue weighted by Gasteiger charge is -2.19. The molecule has 1 heterocycles. The minimum Gasteiger partial charge on any atom is -0.493 e. The van der Waals surface area contributed by atoms with Crippen LogP contribution in [0.1, 0.15) is 31.8 Å². The van der Waals surface area contributed by atoms with E-state index in [9.17, 15) is 9.59 Å². The Morgan fingerprint density at radius 2 is 1.23 bits per heavy atom. The van der Waals surface area contributed by atoms with Gasteiger partial charge in [0.15, 0.2) is 11.5 Å². The first-order valence-corrected chi connectivity index (χ1v) is 11.9. The summed E-state index contributed by atoms with van der Waals surface area (Å²) in [6.07, 6.45) is 1.07. The number of carbonyl (C=O) groups excluding carboxylic acids is 2. The van der Waals surface area contributed by atoms with Crippen LogP contribution in [-0.2, 0) is 12.8 Å². The van der Waals surface area contributed by atoms with Crippen LogP contribution in [0.2, 0.25) is 20.1 Å². The van der Waals surface area contributed by atoms with Crippen LogP contribution in [0, 0.1) is 0 Å². The summed E-state index contributed by atoms with van der Waals surface area (Å²) in [6, 6.07) is 10.8. The van der Waals surface area contributed by atoms with Crippen LogP contribution in [-0.4, -0.2) is 33.1 Å². The number of hydrogen-bond acceptors (Lipinski definition) is 5. The molecule has 3 aromatic rings. The second-order valence-electron chi connectivity index (χ2n) is 7.61. The number of amides is 2. The van der Waals surface area contributed by atoms with Crippen molar-refractivity contribution in [2.45, 2.75) is 12.8 Å². The average molecular weight is 555 g/mol. The van der Waals surface area contributed by atoms with Crippen molar-refractivity contribution >= 4 is 63.9 Å². The van der Waals surface area contributed by atoms with E-state index in [2.05, 4.69) is 0 Å². The first kappa shape index (κ1) is 25.5. The number of benzene rings is 3. The fourth-order valence-corrected chi connectivity index (χ4v) is 5.08. The molecule has 0 bridgehead atoms. The van der Waals surface area contributed by atoms with Gasteiger partial charge in [0.1, 0.15) is 0 Å². The van der Waals surface area contributed by atoms with Crippen molar-refractivity contribution in [3.8, 4) is 17.2 Å². The molecule has 0 saturated carbocycles. The van der Waals surface area contributed by atoms with Crippen LogP contribution in [0.25, 0.3) is 0 Å². The highest BCUT2D eigenvalue weighted by atomic mass is 35.5. The number of anilines is 1. The van der Waals surface area contributed by atoms with E-state index in [0.29, 0.717) is 35.8 Å². The smallest absolute Gasteiger partial charge is 0.267 e. The van der Waals surface area contributed by atoms with E-state index in [-0.39, 0.29) is 31.2 Å². The molecule has 1 aliphatic rings. The Bertz CT molecular complexity index is 1290. The SMILES string of the molecule is COc1cc(CCc2ccccc2N2C(=O)c3c(Cl)c(Cl)c(Cl)c(Cl)c3C2=O)cc(OC)c1OC. The van der Waals surface area contributed by atoms with Gasteiger partial charge in [0.25, 0.3) is 11.8 Å². The van der Waals surface area contributed by atoms with Crippen LogP contribution in [0.5, 0.6) is 17.2 Å². The number of para-hydroxylation sites is 1. The topological polar surface area (TPSA) is 65.1 Å². The summed E-state index contributed by atoms with van der Waals surface area (Å²) in [5, 5.41) is -0.356. The van der Waals surface area contributed by atoms with Crippen LogP contribution < -0.4 is 19.1 Å². The van der Waals surface area contributed by atoms with E-state index in [4.69, 9.17) is 60.6 Å². The molecule has 0 atom stereocenters. The second-order valence-corrected chi connectivity index (χ2v) is 9.13. The number of rotatable bonds is 7. The summed E-state index contributed by atoms with van der Waals surface area (Å²) in [5.41, 5.74) is 1.98. The highest BCUT2D eigenvalue weighted by molar-refractivity contribution is 6.56. The van der Waals surface area contributed by atoms with Crippen molar-refractivity contribution in [2.24, 2.45) is 0 Å². The lowest BCUT2D eigenvalue weighted by molar-refractivity contribution is 0.0926. The van der Waals surface area contributed by atoms with Crippen LogP contribution >= 0.6 is 46.4 Å². The van der Waals surface area contributed by atoms with Gasteiger partial charge in [-0.2, -0.15) is 0 Å². The van der Waals surface area contributed by atoms with Crippen LogP contribution in [0.3, 0.4) is 0 Å². The fraction of sp³-hybridized carbons (Fsp3) is 0.200. The summed E-state index contributed by atoms with van der Waals surface area (Å²) in [4.78, 5) is 27.7. The van der Waals surface area contributed by atoms with Gasteiger partial charge >= 0.3 is 0 Å². The Morgan fingerprint density at radius 3 is 1.71 bits per heavy atom. The summed E-state index contributed by atoms with van der Waals surface area (Å²) in [6.45, 7) is 0. The number of hydrogen-bond donors (Lipinski definition) is 0. The Kier molecular flexibility index (Phi) is 7.38. The fourth-order valence-electron chi connectivity index (χ4n) is 4.07. The van der Waals surface area contributed by atoms with Crippen LogP contribution in [0.4, 0.5) is 5.69 Å². The first-order valence-electron chi connectivity index (χ1n) is 10.4. The molecule has 0 aromatic heterocycles. The maximum atomic E-state index is 13.3. The van der Waals surface area contributed by atoms with Gasteiger partial charge < -0.3 is 14.2 Å². The molecule has 0 N–H and O–H groups in total. The van der Waals surface area contributed by atoms with E-state index in [1.54, 1.807) is 26.4 Å². The highest BCUT2D eigenvalue weighted by Gasteiger charge is 2.43. The van der Waals surface area contributed by atoms with Crippen molar-refractivity contribution in [3.05, 3.63) is 78.7 Å². The molecular formula is C25H19Cl4NO5. The second kappa shape index (κ2) is 10.2. The van der Waals surface area contributed by atoms with Gasteiger partial charge in [-0.05, 0) is 42.2 Å². The van der Waals surface area contributed by atoms with Crippen molar-refractivity contribution < 1.29 is 23.8 Å². The maximum Gasteiger partial charge on any atom is 0.267 e. The van der Waals surface area contributed by atoms with Crippen molar-refractivity contribution in [3.63, 3.8) is 0 Å². The molecule has 35 heavy (non-hydrogen) atoms. The molecule has 0 aliphatic carbocycles. The molecule has 3 aromatic carbocycles. The molecule has 4 rings (SSSR count). The number of methoxy groups -OCH3 is 3. The van der Waals surface area contributed by atoms with E-state index >= 15 is 0 Å². The van der Waals surface area contributed by atoms with E-state index in [1.807, 2.05) is 24.3 Å². The predicted molar refractivity (Wildman–Crippen MR) is 138 cm³/mol. The molecule has 1 aliphatic heterocycles. The maximum absolute atomic E-state index is 13.3. The van der Waals surface area contributed by atoms with Gasteiger partial charge in [-0.25, -0.2) is 4.90 Å². The Hall–Kier alpha value is -2.64. The number of nitrogens with zero attached hydrogens (tertiary/aromatic N) is 1. The molecule has 0 unspecified atom stereocenters. The molecule has 0 spiro atoms. The third-order valence-electron chi connectivity index (χ3n) is 5.74. The van der Waals surface area contributed by atoms with E-state index in [1.165, 1.54) is 7.11 Å². The van der Waals surface area contributed by atoms with Gasteiger partial charge in [0, 0.05) is 0 Å². The molecule has 10 heteroatoms. The monoisotopic (exact) mass is 553 g/mol. The Morgan fingerprint density at radius 1 is 0.714 bits per heavy atom. The average Bonchev–Trinajstić information content (AvgIpc) is 3.13. The van der Waals surface area contributed by atoms with Crippen molar-refractivity contribution in [1.29, 1.82) is 0 Å². The molecule has 6 nitrogen and oxygen atoms in total. The molecule has 0 saturated heterocycles. The minimum atomic E-state index is -0.615. The number of imide groups is 1. The molecule has 0 fully saturated rings. The van der Waals surface area contributed by atoms with Gasteiger partial charge in [-0.3, -0.25) is 9.59 Å². The minimum absolute atomic E-state index is 0.0597. The van der Waals surface area contributed by atoms with Crippen LogP contribution in [0.15, 0.2) is 36.4 Å². The number of aryl methyl sites for hydroxylation is 2. The van der Waals surface area contributed by atoms with Crippen molar-refractivity contribution in [2.75, 3.05) is 26.2 Å². The van der Waals surface area contributed by atoms with E-state index in [0.717, 1.165) is 16.0 Å². The Labute approximate surface area is 222 Å². The van der Waals surface area contributed by atoms with Gasteiger partial charge in [-0.15, -0.1) is 0 Å². The molecule has 2 amide bonds. The summed E-state index contributed by atoms with van der Waals surface area (Å²) in [5.74, 6) is 0.338. The van der Waals surface area contributed by atoms with Crippen molar-refractivity contribution in [1.82, 2.24) is 0 Å². The number of ether oxygens (including phenoxy) is 3. The molecule has 0 radical (unpaired) electrons. The zero-order chi connectivity index (χ0) is 25.4. The zero-order valence-corrected chi connectivity index (χ0v) is 21.9. The van der Waals surface area contributed by atoms with Gasteiger partial charge in [0.05, 0.1) is 58.2 Å². The van der Waals surface area contributed by atoms with Gasteiger partial charge in [0.2, 0.25) is 5.75 Å². The zero-order valence-electron chi connectivity index (χ0n) is 18.9. The molecule has 182 valence electrons. The lowest BCUT2D eigenvalue weighted by Crippen LogP contribution is -2.30. The number of halogens is 4. The van der Waals surface area contributed by atoms with E-state index < -0.39 is 11.8 Å². The third kappa shape index (κ3) is 4.29. The summed E-state index contributed by atoms with van der Waals surface area (Å²) >= 11 is 24.8. The summed E-state index contributed by atoms with van der Waals surface area (Å²) in [7, 11) is 4.64. The number of carbonyl (C=O) groups is 2. The largest absolute Gasteiger partial charge is 0.493 e.